The highest BCUT2D eigenvalue weighted by Gasteiger charge is 2.54. The number of hydrogen-bond acceptors (Lipinski definition) is 8. The summed E-state index contributed by atoms with van der Waals surface area (Å²) in [4.78, 5) is 18.3. The number of aromatic nitrogens is 3. The predicted molar refractivity (Wildman–Crippen MR) is 139 cm³/mol. The van der Waals surface area contributed by atoms with Gasteiger partial charge in [-0.05, 0) is 64.4 Å². The molecule has 1 fully saturated rings. The molecule has 3 heterocycles. The Labute approximate surface area is 218 Å². The molecule has 206 valence electrons. The number of hydrogen-bond donors (Lipinski definition) is 3. The third kappa shape index (κ3) is 5.15. The van der Waals surface area contributed by atoms with Crippen molar-refractivity contribution in [1.29, 1.82) is 0 Å². The number of nitrogens with one attached hydrogen (secondary N) is 2. The fourth-order valence-electron chi connectivity index (χ4n) is 4.67. The average Bonchev–Trinajstić information content (AvgIpc) is 3.23. The molecule has 0 aliphatic carbocycles. The average molecular weight is 536 g/mol. The molecule has 0 unspecified atom stereocenters. The maximum Gasteiger partial charge on any atom is 0.412 e. The first kappa shape index (κ1) is 27.3. The molecule has 0 radical (unpaired) electrons. The number of nitrogen functional groups attached to an aromatic ring is 1. The lowest BCUT2D eigenvalue weighted by atomic mass is 9.87. The Morgan fingerprint density at radius 3 is 2.42 bits per heavy atom. The third-order valence-electron chi connectivity index (χ3n) is 6.67. The lowest BCUT2D eigenvalue weighted by Crippen LogP contribution is -2.61. The Morgan fingerprint density at radius 2 is 1.84 bits per heavy atom. The van der Waals surface area contributed by atoms with E-state index in [1.807, 2.05) is 11.0 Å². The van der Waals surface area contributed by atoms with Crippen molar-refractivity contribution in [1.82, 2.24) is 19.9 Å². The van der Waals surface area contributed by atoms with Gasteiger partial charge in [0.15, 0.2) is 5.82 Å². The lowest BCUT2D eigenvalue weighted by molar-refractivity contribution is -0.200. The second-order valence-electron chi connectivity index (χ2n) is 10.2. The van der Waals surface area contributed by atoms with Crippen molar-refractivity contribution < 1.29 is 27.4 Å². The molecule has 1 aliphatic heterocycles. The number of ether oxygens (including phenoxy) is 2. The van der Waals surface area contributed by atoms with E-state index < -0.39 is 23.4 Å². The highest BCUT2D eigenvalue weighted by Crippen LogP contribution is 2.42. The van der Waals surface area contributed by atoms with E-state index in [0.717, 1.165) is 0 Å². The number of carbonyl (C=O) groups is 1. The summed E-state index contributed by atoms with van der Waals surface area (Å²) in [5.74, 6) is 1.20. The largest absolute Gasteiger partial charge is 0.495 e. The summed E-state index contributed by atoms with van der Waals surface area (Å²) in [6.45, 7) is 5.62. The van der Waals surface area contributed by atoms with Crippen LogP contribution in [0.4, 0.5) is 35.3 Å². The molecule has 4 rings (SSSR count). The highest BCUT2D eigenvalue weighted by molar-refractivity contribution is 5.93. The summed E-state index contributed by atoms with van der Waals surface area (Å²) < 4.78 is 53.7. The number of nitrogens with zero attached hydrogens (tertiary/aromatic N) is 4. The van der Waals surface area contributed by atoms with Gasteiger partial charge in [0.25, 0.3) is 0 Å². The maximum atomic E-state index is 13.8. The Kier molecular flexibility index (Phi) is 7.08. The Balaban J connectivity index is 1.69. The van der Waals surface area contributed by atoms with E-state index in [1.54, 1.807) is 43.5 Å². The van der Waals surface area contributed by atoms with Gasteiger partial charge in [-0.25, -0.2) is 14.3 Å². The van der Waals surface area contributed by atoms with E-state index in [4.69, 9.17) is 15.2 Å². The molecule has 4 N–H and O–H groups in total. The number of fused-ring (bicyclic) bond motifs is 1. The normalized spacial score (nSPS) is 15.9. The molecule has 0 bridgehead atoms. The molecule has 38 heavy (non-hydrogen) atoms. The van der Waals surface area contributed by atoms with Gasteiger partial charge in [0.05, 0.1) is 12.8 Å². The predicted octanol–water partition coefficient (Wildman–Crippen LogP) is 4.45. The van der Waals surface area contributed by atoms with Crippen molar-refractivity contribution in [3.05, 3.63) is 30.6 Å². The summed E-state index contributed by atoms with van der Waals surface area (Å²) in [7, 11) is 2.82. The smallest absolute Gasteiger partial charge is 0.412 e. The van der Waals surface area contributed by atoms with Crippen LogP contribution in [-0.4, -0.2) is 65.3 Å². The van der Waals surface area contributed by atoms with Crippen LogP contribution in [0.1, 0.15) is 33.6 Å². The minimum absolute atomic E-state index is 0.116. The molecule has 1 amide bonds. The van der Waals surface area contributed by atoms with Gasteiger partial charge in [-0.3, -0.25) is 5.32 Å². The number of methoxy groups -OCH3 is 1. The number of benzene rings is 1. The number of nitrogens with two attached hydrogens (primary N) is 1. The summed E-state index contributed by atoms with van der Waals surface area (Å²) in [6, 6.07) is 7.00. The summed E-state index contributed by atoms with van der Waals surface area (Å²) >= 11 is 0. The van der Waals surface area contributed by atoms with Gasteiger partial charge in [-0.1, -0.05) is 6.07 Å². The van der Waals surface area contributed by atoms with Gasteiger partial charge in [0.2, 0.25) is 0 Å². The fraction of sp³-hybridized carbons (Fsp3) is 0.480. The van der Waals surface area contributed by atoms with Gasteiger partial charge in [-0.15, -0.1) is 0 Å². The van der Waals surface area contributed by atoms with E-state index in [0.29, 0.717) is 33.9 Å². The monoisotopic (exact) mass is 535 g/mol. The van der Waals surface area contributed by atoms with Crippen LogP contribution in [0.25, 0.3) is 16.6 Å². The molecular weight excluding hydrogens is 503 g/mol. The topological polar surface area (TPSA) is 119 Å². The molecule has 3 aromatic rings. The first-order valence-corrected chi connectivity index (χ1v) is 12.1. The van der Waals surface area contributed by atoms with E-state index in [-0.39, 0.29) is 31.7 Å². The Bertz CT molecular complexity index is 1330. The number of piperidine rings is 1. The standard InChI is InChI=1S/C25H32F3N7O3/c1-23(2,3)38-22(36)33-17-7-6-15(12-18(17)37-5)16-13-19(35-20(16)21(29)31-14-32-35)34-10-8-24(30-4,9-11-34)25(26,27)28/h6-7,12-14,30H,8-11H2,1-5H3,(H,33,36)(H2,29,31,32). The SMILES string of the molecule is CNC1(C(F)(F)F)CCN(c2cc(-c3ccc(NC(=O)OC(C)(C)C)c(OC)c3)c3c(N)ncnn23)CC1. The summed E-state index contributed by atoms with van der Waals surface area (Å²) in [5.41, 5.74) is 5.91. The molecule has 0 atom stereocenters. The number of carbonyl (C=O) groups excluding carboxylic acids is 1. The first-order chi connectivity index (χ1) is 17.8. The fourth-order valence-corrected chi connectivity index (χ4v) is 4.67. The molecule has 10 nitrogen and oxygen atoms in total. The molecule has 1 saturated heterocycles. The van der Waals surface area contributed by atoms with Gasteiger partial charge in [0, 0.05) is 18.7 Å². The van der Waals surface area contributed by atoms with Crippen LogP contribution in [0, 0.1) is 0 Å². The zero-order chi connectivity index (χ0) is 27.9. The molecule has 1 aromatic carbocycles. The number of rotatable bonds is 5. The van der Waals surface area contributed by atoms with Crippen LogP contribution in [0.15, 0.2) is 30.6 Å². The van der Waals surface area contributed by atoms with Crippen molar-refractivity contribution >= 4 is 28.9 Å². The van der Waals surface area contributed by atoms with Crippen molar-refractivity contribution in [2.75, 3.05) is 43.2 Å². The molecule has 2 aromatic heterocycles. The molecule has 1 aliphatic rings. The quantitative estimate of drug-likeness (QED) is 0.438. The van der Waals surface area contributed by atoms with Crippen LogP contribution >= 0.6 is 0 Å². The molecule has 0 spiro atoms. The van der Waals surface area contributed by atoms with E-state index in [9.17, 15) is 18.0 Å². The van der Waals surface area contributed by atoms with Gasteiger partial charge < -0.3 is 25.4 Å². The van der Waals surface area contributed by atoms with Crippen molar-refractivity contribution in [3.63, 3.8) is 0 Å². The van der Waals surface area contributed by atoms with E-state index in [1.165, 1.54) is 20.5 Å². The van der Waals surface area contributed by atoms with Crippen LogP contribution in [0.3, 0.4) is 0 Å². The minimum atomic E-state index is -4.36. The van der Waals surface area contributed by atoms with Crippen LogP contribution in [0.2, 0.25) is 0 Å². The number of alkyl halides is 3. The second-order valence-corrected chi connectivity index (χ2v) is 10.2. The number of halogens is 3. The summed E-state index contributed by atoms with van der Waals surface area (Å²) in [5, 5.41) is 9.52. The Hall–Kier alpha value is -3.74. The lowest BCUT2D eigenvalue weighted by Gasteiger charge is -2.43. The van der Waals surface area contributed by atoms with Gasteiger partial charge >= 0.3 is 12.3 Å². The second kappa shape index (κ2) is 9.86. The first-order valence-electron chi connectivity index (χ1n) is 12.1. The number of amides is 1. The highest BCUT2D eigenvalue weighted by atomic mass is 19.4. The minimum Gasteiger partial charge on any atom is -0.495 e. The van der Waals surface area contributed by atoms with Gasteiger partial charge in [0.1, 0.15) is 34.6 Å². The molecule has 13 heteroatoms. The zero-order valence-electron chi connectivity index (χ0n) is 21.9. The molecule has 0 saturated carbocycles. The van der Waals surface area contributed by atoms with E-state index >= 15 is 0 Å². The Morgan fingerprint density at radius 1 is 1.16 bits per heavy atom. The maximum absolute atomic E-state index is 13.8. The van der Waals surface area contributed by atoms with Crippen molar-refractivity contribution in [2.45, 2.75) is 50.9 Å². The third-order valence-corrected chi connectivity index (χ3v) is 6.67. The molecular formula is C25H32F3N7O3. The zero-order valence-corrected chi connectivity index (χ0v) is 21.9. The van der Waals surface area contributed by atoms with Gasteiger partial charge in [-0.2, -0.15) is 18.3 Å². The van der Waals surface area contributed by atoms with Crippen LogP contribution in [0.5, 0.6) is 5.75 Å². The van der Waals surface area contributed by atoms with E-state index in [2.05, 4.69) is 20.7 Å². The number of anilines is 3. The van der Waals surface area contributed by atoms with Crippen molar-refractivity contribution in [2.24, 2.45) is 0 Å². The van der Waals surface area contributed by atoms with Crippen LogP contribution in [-0.2, 0) is 4.74 Å². The van der Waals surface area contributed by atoms with Crippen molar-refractivity contribution in [3.8, 4) is 16.9 Å². The summed E-state index contributed by atoms with van der Waals surface area (Å²) in [6.07, 6.45) is -3.91. The van der Waals surface area contributed by atoms with Crippen LogP contribution < -0.4 is 26.0 Å².